The minimum absolute atomic E-state index is 0.547. The maximum atomic E-state index is 6.01. The van der Waals surface area contributed by atoms with Crippen molar-refractivity contribution >= 4 is 11.4 Å². The fraction of sp³-hybridized carbons (Fsp3) is 0.647. The molecule has 3 N–H and O–H groups in total. The first-order valence-corrected chi connectivity index (χ1v) is 8.30. The monoisotopic (exact) mass is 289 g/mol. The molecule has 0 radical (unpaired) electrons. The average Bonchev–Trinajstić information content (AvgIpc) is 2.88. The van der Waals surface area contributed by atoms with E-state index in [1.807, 2.05) is 12.1 Å². The second-order valence-corrected chi connectivity index (χ2v) is 6.28. The lowest BCUT2D eigenvalue weighted by Gasteiger charge is -2.33. The molecule has 4 nitrogen and oxygen atoms in total. The van der Waals surface area contributed by atoms with Gasteiger partial charge >= 0.3 is 0 Å². The fourth-order valence-corrected chi connectivity index (χ4v) is 3.64. The number of ether oxygens (including phenoxy) is 1. The largest absolute Gasteiger partial charge is 0.493 e. The lowest BCUT2D eigenvalue weighted by Crippen LogP contribution is -2.41. The molecule has 2 heterocycles. The van der Waals surface area contributed by atoms with Crippen LogP contribution in [0.1, 0.15) is 39.0 Å². The average molecular weight is 289 g/mol. The number of nitrogens with zero attached hydrogens (tertiary/aromatic N) is 1. The Labute approximate surface area is 127 Å². The number of hydrogen-bond acceptors (Lipinski definition) is 4. The van der Waals surface area contributed by atoms with Crippen LogP contribution in [-0.4, -0.2) is 36.7 Å². The summed E-state index contributed by atoms with van der Waals surface area (Å²) >= 11 is 0. The molecule has 0 bridgehead atoms. The van der Waals surface area contributed by atoms with Gasteiger partial charge in [0.15, 0.2) is 0 Å². The minimum Gasteiger partial charge on any atom is -0.493 e. The first-order valence-electron chi connectivity index (χ1n) is 8.30. The summed E-state index contributed by atoms with van der Waals surface area (Å²) in [6, 6.07) is 7.25. The quantitative estimate of drug-likeness (QED) is 0.818. The van der Waals surface area contributed by atoms with E-state index in [1.54, 1.807) is 0 Å². The van der Waals surface area contributed by atoms with E-state index in [-0.39, 0.29) is 0 Å². The number of piperidine rings is 1. The van der Waals surface area contributed by atoms with Crippen LogP contribution in [0.2, 0.25) is 0 Å². The van der Waals surface area contributed by atoms with Crippen LogP contribution in [0, 0.1) is 0 Å². The molecule has 0 aliphatic carbocycles. The van der Waals surface area contributed by atoms with Gasteiger partial charge in [-0.1, -0.05) is 13.3 Å². The second-order valence-electron chi connectivity index (χ2n) is 6.28. The molecule has 116 valence electrons. The summed E-state index contributed by atoms with van der Waals surface area (Å²) in [5.41, 5.74) is 7.87. The molecule has 2 aliphatic heterocycles. The molecule has 0 spiro atoms. The van der Waals surface area contributed by atoms with E-state index in [0.29, 0.717) is 12.1 Å². The summed E-state index contributed by atoms with van der Waals surface area (Å²) in [5, 5.41) is 3.70. The molecule has 0 aromatic heterocycles. The van der Waals surface area contributed by atoms with E-state index >= 15 is 0 Å². The van der Waals surface area contributed by atoms with Gasteiger partial charge in [0, 0.05) is 42.1 Å². The van der Waals surface area contributed by atoms with Gasteiger partial charge in [0.05, 0.1) is 6.61 Å². The molecule has 0 saturated carbocycles. The van der Waals surface area contributed by atoms with E-state index in [0.717, 1.165) is 30.2 Å². The lowest BCUT2D eigenvalue weighted by atomic mass is 9.99. The van der Waals surface area contributed by atoms with Crippen molar-refractivity contribution in [2.75, 3.05) is 30.7 Å². The number of fused-ring (bicyclic) bond motifs is 1. The van der Waals surface area contributed by atoms with Crippen LogP contribution in [0.15, 0.2) is 18.2 Å². The van der Waals surface area contributed by atoms with Crippen LogP contribution in [0.25, 0.3) is 0 Å². The van der Waals surface area contributed by atoms with Gasteiger partial charge in [0.2, 0.25) is 0 Å². The van der Waals surface area contributed by atoms with Crippen molar-refractivity contribution in [1.82, 2.24) is 4.90 Å². The normalized spacial score (nSPS) is 25.6. The zero-order valence-corrected chi connectivity index (χ0v) is 13.0. The predicted octanol–water partition coefficient (Wildman–Crippen LogP) is 3.10. The number of anilines is 2. The SMILES string of the molecule is CCCOc1cc(N)cc(NC2CCN3CCCCC23)c1. The molecule has 2 unspecified atom stereocenters. The number of nitrogens with one attached hydrogen (secondary N) is 1. The molecule has 2 atom stereocenters. The summed E-state index contributed by atoms with van der Waals surface area (Å²) in [4.78, 5) is 2.64. The van der Waals surface area contributed by atoms with E-state index in [9.17, 15) is 0 Å². The Morgan fingerprint density at radius 3 is 3.00 bits per heavy atom. The number of rotatable bonds is 5. The van der Waals surface area contributed by atoms with Crippen LogP contribution >= 0.6 is 0 Å². The third-order valence-corrected chi connectivity index (χ3v) is 4.61. The van der Waals surface area contributed by atoms with E-state index in [1.165, 1.54) is 38.8 Å². The summed E-state index contributed by atoms with van der Waals surface area (Å²) < 4.78 is 5.72. The molecule has 21 heavy (non-hydrogen) atoms. The molecule has 1 aromatic rings. The molecule has 1 aromatic carbocycles. The molecule has 0 amide bonds. The number of nitrogen functional groups attached to an aromatic ring is 1. The van der Waals surface area contributed by atoms with Gasteiger partial charge < -0.3 is 15.8 Å². The lowest BCUT2D eigenvalue weighted by molar-refractivity contribution is 0.193. The molecule has 2 saturated heterocycles. The molecule has 2 aliphatic rings. The van der Waals surface area contributed by atoms with Crippen LogP contribution in [0.4, 0.5) is 11.4 Å². The van der Waals surface area contributed by atoms with Gasteiger partial charge in [-0.05, 0) is 38.3 Å². The first-order chi connectivity index (χ1) is 10.3. The maximum absolute atomic E-state index is 6.01. The van der Waals surface area contributed by atoms with Gasteiger partial charge in [0.25, 0.3) is 0 Å². The van der Waals surface area contributed by atoms with Crippen LogP contribution in [-0.2, 0) is 0 Å². The molecular formula is C17H27N3O. The highest BCUT2D eigenvalue weighted by Gasteiger charge is 2.35. The van der Waals surface area contributed by atoms with Gasteiger partial charge in [0.1, 0.15) is 5.75 Å². The topological polar surface area (TPSA) is 50.5 Å². The number of hydrogen-bond donors (Lipinski definition) is 2. The molecule has 3 rings (SSSR count). The second kappa shape index (κ2) is 6.56. The Morgan fingerprint density at radius 2 is 2.14 bits per heavy atom. The van der Waals surface area contributed by atoms with Crippen LogP contribution in [0.5, 0.6) is 5.75 Å². The Hall–Kier alpha value is -1.42. The molecule has 2 fully saturated rings. The minimum atomic E-state index is 0.547. The van der Waals surface area contributed by atoms with Crippen molar-refractivity contribution in [2.24, 2.45) is 0 Å². The Kier molecular flexibility index (Phi) is 4.54. The van der Waals surface area contributed by atoms with Gasteiger partial charge in [-0.3, -0.25) is 4.90 Å². The van der Waals surface area contributed by atoms with Crippen LogP contribution < -0.4 is 15.8 Å². The van der Waals surface area contributed by atoms with E-state index in [4.69, 9.17) is 10.5 Å². The summed E-state index contributed by atoms with van der Waals surface area (Å²) in [7, 11) is 0. The standard InChI is InChI=1S/C17H27N3O/c1-2-9-21-15-11-13(18)10-14(12-15)19-16-6-8-20-7-4-3-5-17(16)20/h10-12,16-17,19H,2-9,18H2,1H3. The van der Waals surface area contributed by atoms with Gasteiger partial charge in [-0.25, -0.2) is 0 Å². The van der Waals surface area contributed by atoms with Gasteiger partial charge in [-0.15, -0.1) is 0 Å². The van der Waals surface area contributed by atoms with Crippen molar-refractivity contribution in [1.29, 1.82) is 0 Å². The van der Waals surface area contributed by atoms with Gasteiger partial charge in [-0.2, -0.15) is 0 Å². The van der Waals surface area contributed by atoms with Crippen molar-refractivity contribution < 1.29 is 4.74 Å². The first kappa shape index (κ1) is 14.5. The fourth-order valence-electron chi connectivity index (χ4n) is 3.64. The maximum Gasteiger partial charge on any atom is 0.123 e. The number of benzene rings is 1. The third-order valence-electron chi connectivity index (χ3n) is 4.61. The van der Waals surface area contributed by atoms with E-state index < -0.39 is 0 Å². The zero-order chi connectivity index (χ0) is 14.7. The molecule has 4 heteroatoms. The van der Waals surface area contributed by atoms with Crippen molar-refractivity contribution in [2.45, 2.75) is 51.1 Å². The van der Waals surface area contributed by atoms with Crippen molar-refractivity contribution in [3.8, 4) is 5.75 Å². The Bertz CT molecular complexity index is 477. The summed E-state index contributed by atoms with van der Waals surface area (Å²) in [6.07, 6.45) is 6.28. The Morgan fingerprint density at radius 1 is 1.24 bits per heavy atom. The third kappa shape index (κ3) is 3.43. The number of nitrogens with two attached hydrogens (primary N) is 1. The van der Waals surface area contributed by atoms with Crippen LogP contribution in [0.3, 0.4) is 0 Å². The molecular weight excluding hydrogens is 262 g/mol. The highest BCUT2D eigenvalue weighted by Crippen LogP contribution is 2.31. The highest BCUT2D eigenvalue weighted by molar-refractivity contribution is 5.59. The predicted molar refractivity (Wildman–Crippen MR) is 87.9 cm³/mol. The zero-order valence-electron chi connectivity index (χ0n) is 13.0. The smallest absolute Gasteiger partial charge is 0.123 e. The summed E-state index contributed by atoms with van der Waals surface area (Å²) in [6.45, 7) is 5.35. The highest BCUT2D eigenvalue weighted by atomic mass is 16.5. The summed E-state index contributed by atoms with van der Waals surface area (Å²) in [5.74, 6) is 0.873. The van der Waals surface area contributed by atoms with Crippen molar-refractivity contribution in [3.05, 3.63) is 18.2 Å². The van der Waals surface area contributed by atoms with E-state index in [2.05, 4.69) is 23.2 Å². The van der Waals surface area contributed by atoms with Crippen molar-refractivity contribution in [3.63, 3.8) is 0 Å². The Balaban J connectivity index is 1.68.